The molecule has 1 aromatic carbocycles. The van der Waals surface area contributed by atoms with Gasteiger partial charge in [-0.3, -0.25) is 4.79 Å². The molecule has 32 heavy (non-hydrogen) atoms. The lowest BCUT2D eigenvalue weighted by atomic mass is 10.2. The molecule has 1 saturated heterocycles. The van der Waals surface area contributed by atoms with Gasteiger partial charge in [0, 0.05) is 32.4 Å². The molecule has 0 N–H and O–H groups in total. The number of thiazole rings is 1. The minimum atomic E-state index is -0.686. The second-order valence-corrected chi connectivity index (χ2v) is 8.78. The first-order valence-electron chi connectivity index (χ1n) is 10.0. The number of hydrogen-bond donors (Lipinski definition) is 0. The van der Waals surface area contributed by atoms with Crippen molar-refractivity contribution in [2.75, 3.05) is 38.8 Å². The maximum absolute atomic E-state index is 14.7. The molecule has 0 aliphatic carbocycles. The Morgan fingerprint density at radius 3 is 2.78 bits per heavy atom. The normalized spacial score (nSPS) is 16.2. The second kappa shape index (κ2) is 9.13. The Bertz CT molecular complexity index is 1140. The summed E-state index contributed by atoms with van der Waals surface area (Å²) >= 11 is 1.44. The molecule has 9 nitrogen and oxygen atoms in total. The molecular weight excluding hydrogens is 435 g/mol. The molecule has 0 saturated carbocycles. The van der Waals surface area contributed by atoms with Crippen LogP contribution < -0.4 is 9.64 Å². The number of amides is 1. The number of halogens is 1. The van der Waals surface area contributed by atoms with Crippen LogP contribution in [-0.2, 0) is 4.74 Å². The van der Waals surface area contributed by atoms with Crippen molar-refractivity contribution in [2.24, 2.45) is 0 Å². The van der Waals surface area contributed by atoms with Crippen molar-refractivity contribution in [3.63, 3.8) is 0 Å². The number of benzene rings is 1. The van der Waals surface area contributed by atoms with E-state index in [4.69, 9.17) is 9.47 Å². The van der Waals surface area contributed by atoms with E-state index >= 15 is 0 Å². The molecule has 4 rings (SSSR count). The van der Waals surface area contributed by atoms with E-state index in [1.807, 2.05) is 18.7 Å². The van der Waals surface area contributed by atoms with Gasteiger partial charge in [0.2, 0.25) is 5.95 Å². The standard InChI is InChI=1S/C21H23FN6O3S/c1-12-11-30-8-7-28(12)20-24-18(17-10-23-13(2)32-17)25-21(26-20)31-16-6-5-14(9-15(16)22)19(29)27(3)4/h5-6,9-10,12H,7-8,11H2,1-4H3/t12-/m0/s1. The highest BCUT2D eigenvalue weighted by atomic mass is 32.1. The van der Waals surface area contributed by atoms with E-state index in [1.165, 1.54) is 28.4 Å². The molecule has 0 unspecified atom stereocenters. The fourth-order valence-electron chi connectivity index (χ4n) is 3.19. The summed E-state index contributed by atoms with van der Waals surface area (Å²) in [5, 5.41) is 0.872. The van der Waals surface area contributed by atoms with Crippen molar-refractivity contribution in [1.29, 1.82) is 0 Å². The Morgan fingerprint density at radius 1 is 1.31 bits per heavy atom. The van der Waals surface area contributed by atoms with Gasteiger partial charge in [-0.1, -0.05) is 0 Å². The molecule has 3 heterocycles. The van der Waals surface area contributed by atoms with Crippen LogP contribution in [0.1, 0.15) is 22.3 Å². The van der Waals surface area contributed by atoms with Crippen molar-refractivity contribution in [1.82, 2.24) is 24.8 Å². The maximum atomic E-state index is 14.7. The summed E-state index contributed by atoms with van der Waals surface area (Å²) in [6.45, 7) is 5.62. The third-order valence-corrected chi connectivity index (χ3v) is 5.76. The lowest BCUT2D eigenvalue weighted by Gasteiger charge is -2.33. The molecule has 168 valence electrons. The molecule has 1 aliphatic heterocycles. The summed E-state index contributed by atoms with van der Waals surface area (Å²) in [5.74, 6) is -0.253. The van der Waals surface area contributed by atoms with Crippen LogP contribution in [0.4, 0.5) is 10.3 Å². The molecule has 1 aliphatic rings. The minimum Gasteiger partial charge on any atom is -0.421 e. The molecular formula is C21H23FN6O3S. The number of aryl methyl sites for hydroxylation is 1. The molecule has 11 heteroatoms. The number of anilines is 1. The highest BCUT2D eigenvalue weighted by Crippen LogP contribution is 2.29. The Labute approximate surface area is 188 Å². The predicted molar refractivity (Wildman–Crippen MR) is 118 cm³/mol. The maximum Gasteiger partial charge on any atom is 0.327 e. The molecule has 2 aromatic heterocycles. The number of ether oxygens (including phenoxy) is 2. The first-order valence-corrected chi connectivity index (χ1v) is 10.9. The monoisotopic (exact) mass is 458 g/mol. The molecule has 1 amide bonds. The van der Waals surface area contributed by atoms with Gasteiger partial charge in [0.05, 0.1) is 29.1 Å². The molecule has 0 radical (unpaired) electrons. The van der Waals surface area contributed by atoms with Crippen LogP contribution in [0.2, 0.25) is 0 Å². The zero-order chi connectivity index (χ0) is 22.8. The average Bonchev–Trinajstić information content (AvgIpc) is 3.21. The van der Waals surface area contributed by atoms with E-state index in [1.54, 1.807) is 20.3 Å². The van der Waals surface area contributed by atoms with Crippen molar-refractivity contribution in [2.45, 2.75) is 19.9 Å². The van der Waals surface area contributed by atoms with Gasteiger partial charge in [-0.15, -0.1) is 11.3 Å². The van der Waals surface area contributed by atoms with E-state index in [9.17, 15) is 9.18 Å². The number of hydrogen-bond acceptors (Lipinski definition) is 9. The lowest BCUT2D eigenvalue weighted by Crippen LogP contribution is -2.44. The van der Waals surface area contributed by atoms with E-state index in [-0.39, 0.29) is 29.3 Å². The minimum absolute atomic E-state index is 0.0414. The zero-order valence-corrected chi connectivity index (χ0v) is 19.0. The first-order chi connectivity index (χ1) is 15.3. The lowest BCUT2D eigenvalue weighted by molar-refractivity contribution is 0.0827. The molecule has 1 fully saturated rings. The van der Waals surface area contributed by atoms with Gasteiger partial charge in [0.15, 0.2) is 17.4 Å². The fourth-order valence-corrected chi connectivity index (χ4v) is 3.90. The summed E-state index contributed by atoms with van der Waals surface area (Å²) in [7, 11) is 3.21. The summed E-state index contributed by atoms with van der Waals surface area (Å²) in [5.41, 5.74) is 0.221. The van der Waals surface area contributed by atoms with Gasteiger partial charge in [0.25, 0.3) is 5.91 Å². The first kappa shape index (κ1) is 22.0. The number of carbonyl (C=O) groups excluding carboxylic acids is 1. The van der Waals surface area contributed by atoms with Gasteiger partial charge in [-0.05, 0) is 32.0 Å². The van der Waals surface area contributed by atoms with Crippen LogP contribution >= 0.6 is 11.3 Å². The Kier molecular flexibility index (Phi) is 6.28. The number of rotatable bonds is 5. The zero-order valence-electron chi connectivity index (χ0n) is 18.2. The largest absolute Gasteiger partial charge is 0.421 e. The van der Waals surface area contributed by atoms with Crippen LogP contribution in [0, 0.1) is 12.7 Å². The smallest absolute Gasteiger partial charge is 0.327 e. The van der Waals surface area contributed by atoms with Crippen LogP contribution in [0.25, 0.3) is 10.7 Å². The highest BCUT2D eigenvalue weighted by Gasteiger charge is 2.24. The number of aromatic nitrogens is 4. The molecule has 0 bridgehead atoms. The van der Waals surface area contributed by atoms with Crippen molar-refractivity contribution in [3.05, 3.63) is 40.8 Å². The van der Waals surface area contributed by atoms with Gasteiger partial charge in [-0.2, -0.15) is 15.0 Å². The average molecular weight is 459 g/mol. The topological polar surface area (TPSA) is 93.6 Å². The van der Waals surface area contributed by atoms with E-state index in [0.29, 0.717) is 31.5 Å². The number of morpholine rings is 1. The van der Waals surface area contributed by atoms with Crippen LogP contribution in [-0.4, -0.2) is 70.6 Å². The third kappa shape index (κ3) is 4.68. The number of nitrogens with zero attached hydrogens (tertiary/aromatic N) is 6. The van der Waals surface area contributed by atoms with Crippen molar-refractivity contribution < 1.29 is 18.7 Å². The highest BCUT2D eigenvalue weighted by molar-refractivity contribution is 7.14. The SMILES string of the molecule is Cc1ncc(-c2nc(Oc3ccc(C(=O)N(C)C)cc3F)nc(N3CCOC[C@@H]3C)n2)s1. The van der Waals surface area contributed by atoms with Gasteiger partial charge >= 0.3 is 6.01 Å². The number of carbonyl (C=O) groups is 1. The second-order valence-electron chi connectivity index (χ2n) is 7.55. The van der Waals surface area contributed by atoms with E-state index < -0.39 is 5.82 Å². The molecule has 0 spiro atoms. The predicted octanol–water partition coefficient (Wildman–Crippen LogP) is 3.16. The van der Waals surface area contributed by atoms with Crippen molar-refractivity contribution in [3.8, 4) is 22.5 Å². The van der Waals surface area contributed by atoms with Gasteiger partial charge in [-0.25, -0.2) is 9.37 Å². The molecule has 1 atom stereocenters. The summed E-state index contributed by atoms with van der Waals surface area (Å²) in [6, 6.07) is 4.05. The van der Waals surface area contributed by atoms with Gasteiger partial charge < -0.3 is 19.3 Å². The van der Waals surface area contributed by atoms with E-state index in [0.717, 1.165) is 16.0 Å². The van der Waals surface area contributed by atoms with Gasteiger partial charge in [0.1, 0.15) is 0 Å². The Morgan fingerprint density at radius 2 is 2.12 bits per heavy atom. The summed E-state index contributed by atoms with van der Waals surface area (Å²) in [4.78, 5) is 33.9. The van der Waals surface area contributed by atoms with Crippen LogP contribution in [0.3, 0.4) is 0 Å². The summed E-state index contributed by atoms with van der Waals surface area (Å²) in [6.07, 6.45) is 1.69. The Balaban J connectivity index is 1.70. The van der Waals surface area contributed by atoms with Crippen molar-refractivity contribution >= 4 is 23.2 Å². The summed E-state index contributed by atoms with van der Waals surface area (Å²) < 4.78 is 25.9. The van der Waals surface area contributed by atoms with E-state index in [2.05, 4.69) is 19.9 Å². The quantitative estimate of drug-likeness (QED) is 0.576. The third-order valence-electron chi connectivity index (χ3n) is 4.86. The van der Waals surface area contributed by atoms with Crippen LogP contribution in [0.5, 0.6) is 11.8 Å². The van der Waals surface area contributed by atoms with Crippen LogP contribution in [0.15, 0.2) is 24.4 Å². The Hall–Kier alpha value is -3.18. The molecule has 3 aromatic rings. The fraction of sp³-hybridized carbons (Fsp3) is 0.381.